The molecule has 3 heterocycles. The lowest BCUT2D eigenvalue weighted by atomic mass is 10.00. The van der Waals surface area contributed by atoms with Gasteiger partial charge in [-0.05, 0) is 81.2 Å². The molecular formula is C28H41N7O. The molecule has 0 amide bonds. The molecule has 8 nitrogen and oxygen atoms in total. The molecule has 0 bridgehead atoms. The number of nitrogens with zero attached hydrogens (tertiary/aromatic N) is 4. The Balaban J connectivity index is 0.000000538. The van der Waals surface area contributed by atoms with E-state index in [4.69, 9.17) is 16.7 Å². The van der Waals surface area contributed by atoms with Gasteiger partial charge in [0.1, 0.15) is 6.17 Å². The number of benzene rings is 1. The zero-order valence-corrected chi connectivity index (χ0v) is 21.9. The predicted molar refractivity (Wildman–Crippen MR) is 146 cm³/mol. The number of nitrogens with two attached hydrogens (primary N) is 2. The molecule has 1 aromatic heterocycles. The maximum Gasteiger partial charge on any atom is 0.276 e. The zero-order chi connectivity index (χ0) is 26.1. The van der Waals surface area contributed by atoms with E-state index in [9.17, 15) is 4.79 Å². The average Bonchev–Trinajstić information content (AvgIpc) is 3.52. The molecule has 2 aliphatic rings. The summed E-state index contributed by atoms with van der Waals surface area (Å²) in [5.41, 5.74) is 15.0. The van der Waals surface area contributed by atoms with Crippen molar-refractivity contribution in [2.75, 3.05) is 26.7 Å². The van der Waals surface area contributed by atoms with Crippen molar-refractivity contribution >= 4 is 0 Å². The Morgan fingerprint density at radius 1 is 1.19 bits per heavy atom. The van der Waals surface area contributed by atoms with E-state index in [2.05, 4.69) is 60.2 Å². The summed E-state index contributed by atoms with van der Waals surface area (Å²) < 4.78 is 1.65. The number of unbranched alkanes of at least 4 members (excludes halogenated alkanes) is 2. The molecule has 2 atom stereocenters. The van der Waals surface area contributed by atoms with Crippen LogP contribution in [-0.2, 0) is 6.54 Å². The number of likely N-dealkylation sites (N-methyl/N-ethyl adjacent to an activating group) is 2. The van der Waals surface area contributed by atoms with E-state index in [0.29, 0.717) is 17.2 Å². The Hall–Kier alpha value is -3.12. The molecule has 1 saturated heterocycles. The van der Waals surface area contributed by atoms with Gasteiger partial charge in [-0.2, -0.15) is 5.26 Å². The minimum absolute atomic E-state index is 0.0997. The van der Waals surface area contributed by atoms with Crippen LogP contribution in [0.25, 0.3) is 11.1 Å². The van der Waals surface area contributed by atoms with Gasteiger partial charge in [0.2, 0.25) is 0 Å². The highest BCUT2D eigenvalue weighted by atomic mass is 16.1. The van der Waals surface area contributed by atoms with Crippen molar-refractivity contribution in [2.45, 2.75) is 64.7 Å². The molecule has 8 heteroatoms. The van der Waals surface area contributed by atoms with Gasteiger partial charge in [-0.3, -0.25) is 14.8 Å². The summed E-state index contributed by atoms with van der Waals surface area (Å²) in [6, 6.07) is 7.84. The van der Waals surface area contributed by atoms with Gasteiger partial charge in [-0.25, -0.2) is 4.68 Å². The number of hydrogen-bond acceptors (Lipinski definition) is 6. The fourth-order valence-corrected chi connectivity index (χ4v) is 4.92. The monoisotopic (exact) mass is 491 g/mol. The fourth-order valence-electron chi connectivity index (χ4n) is 4.92. The Kier molecular flexibility index (Phi) is 10.1. The fraction of sp³-hybridized carbons (Fsp3) is 0.500. The van der Waals surface area contributed by atoms with Crippen LogP contribution in [-0.4, -0.2) is 52.3 Å². The molecule has 2 aliphatic heterocycles. The molecule has 4 rings (SSSR count). The first-order valence-corrected chi connectivity index (χ1v) is 13.1. The van der Waals surface area contributed by atoms with Crippen molar-refractivity contribution in [3.63, 3.8) is 0 Å². The van der Waals surface area contributed by atoms with Crippen molar-refractivity contribution < 1.29 is 0 Å². The van der Waals surface area contributed by atoms with Crippen molar-refractivity contribution in [3.05, 3.63) is 69.8 Å². The van der Waals surface area contributed by atoms with Crippen molar-refractivity contribution in [1.29, 1.82) is 5.26 Å². The van der Waals surface area contributed by atoms with E-state index >= 15 is 0 Å². The number of nitriles is 1. The molecule has 0 spiro atoms. The van der Waals surface area contributed by atoms with Crippen LogP contribution in [0.15, 0.2) is 53.1 Å². The van der Waals surface area contributed by atoms with E-state index in [0.717, 1.165) is 30.8 Å². The van der Waals surface area contributed by atoms with E-state index in [1.54, 1.807) is 29.1 Å². The molecular weight excluding hydrogens is 450 g/mol. The number of H-pyrrole nitrogens is 1. The lowest BCUT2D eigenvalue weighted by molar-refractivity contribution is 0.232. The highest BCUT2D eigenvalue weighted by Gasteiger charge is 2.28. The van der Waals surface area contributed by atoms with Crippen molar-refractivity contribution in [1.82, 2.24) is 19.6 Å². The number of likely N-dealkylation sites (tertiary alicyclic amines) is 1. The minimum Gasteiger partial charge on any atom is -0.353 e. The van der Waals surface area contributed by atoms with Crippen molar-refractivity contribution in [3.8, 4) is 17.2 Å². The highest BCUT2D eigenvalue weighted by Crippen LogP contribution is 2.29. The SMILES string of the molecule is CCCCCN.CCN1C=C(C2CCCN2C)C=CC1n1[nH]cc(-c2ccc(C#N)cc2CN)c1=O. The first-order valence-electron chi connectivity index (χ1n) is 13.1. The number of nitrogens with one attached hydrogen (secondary N) is 1. The maximum atomic E-state index is 13.3. The van der Waals surface area contributed by atoms with Gasteiger partial charge in [0.05, 0.1) is 17.2 Å². The van der Waals surface area contributed by atoms with E-state index in [1.165, 1.54) is 37.7 Å². The van der Waals surface area contributed by atoms with E-state index in [1.807, 2.05) is 0 Å². The van der Waals surface area contributed by atoms with Crippen LogP contribution in [0.3, 0.4) is 0 Å². The van der Waals surface area contributed by atoms with Crippen LogP contribution < -0.4 is 17.0 Å². The van der Waals surface area contributed by atoms with Gasteiger partial charge in [-0.1, -0.05) is 31.9 Å². The molecule has 0 aliphatic carbocycles. The standard InChI is InChI=1S/C23H28N6O.C5H13N/c1-3-28-15-17(21-5-4-10-27(21)2)7-9-22(28)29-23(30)20(14-26-29)19-8-6-16(12-24)11-18(19)13-25;1-2-3-4-5-6/h6-9,11,14-15,21-22,26H,3-5,10,13,25H2,1-2H3;2-6H2,1H3. The second-order valence-electron chi connectivity index (χ2n) is 9.42. The summed E-state index contributed by atoms with van der Waals surface area (Å²) in [5, 5.41) is 12.3. The van der Waals surface area contributed by atoms with Crippen LogP contribution >= 0.6 is 0 Å². The quantitative estimate of drug-likeness (QED) is 0.485. The topological polar surface area (TPSA) is 120 Å². The van der Waals surface area contributed by atoms with Gasteiger partial charge < -0.3 is 16.4 Å². The first-order chi connectivity index (χ1) is 17.5. The van der Waals surface area contributed by atoms with Gasteiger partial charge in [0.25, 0.3) is 5.56 Å². The van der Waals surface area contributed by atoms with E-state index in [-0.39, 0.29) is 18.3 Å². The molecule has 36 heavy (non-hydrogen) atoms. The summed E-state index contributed by atoms with van der Waals surface area (Å²) in [5.74, 6) is 0. The molecule has 5 N–H and O–H groups in total. The van der Waals surface area contributed by atoms with Crippen LogP contribution in [0.5, 0.6) is 0 Å². The summed E-state index contributed by atoms with van der Waals surface area (Å²) in [6.07, 6.45) is 14.1. The number of rotatable bonds is 8. The first kappa shape index (κ1) is 27.5. The van der Waals surface area contributed by atoms with Crippen molar-refractivity contribution in [2.24, 2.45) is 11.5 Å². The normalized spacial score (nSPS) is 19.6. The molecule has 2 unspecified atom stereocenters. The minimum atomic E-state index is -0.202. The Morgan fingerprint density at radius 2 is 2.00 bits per heavy atom. The third kappa shape index (κ3) is 6.16. The molecule has 0 radical (unpaired) electrons. The Morgan fingerprint density at radius 3 is 2.58 bits per heavy atom. The van der Waals surface area contributed by atoms with Gasteiger partial charge in [-0.15, -0.1) is 0 Å². The number of aromatic nitrogens is 2. The third-order valence-corrected chi connectivity index (χ3v) is 7.00. The highest BCUT2D eigenvalue weighted by molar-refractivity contribution is 5.67. The largest absolute Gasteiger partial charge is 0.353 e. The van der Waals surface area contributed by atoms with Crippen LogP contribution in [0, 0.1) is 11.3 Å². The lowest BCUT2D eigenvalue weighted by Crippen LogP contribution is -2.37. The number of aromatic amines is 1. The van der Waals surface area contributed by atoms with Crippen LogP contribution in [0.1, 0.15) is 63.2 Å². The maximum absolute atomic E-state index is 13.3. The zero-order valence-electron chi connectivity index (χ0n) is 21.9. The Bertz CT molecular complexity index is 1150. The molecule has 0 saturated carbocycles. The second kappa shape index (κ2) is 13.3. The van der Waals surface area contributed by atoms with Crippen LogP contribution in [0.2, 0.25) is 0 Å². The molecule has 194 valence electrons. The predicted octanol–water partition coefficient (Wildman–Crippen LogP) is 3.68. The summed E-state index contributed by atoms with van der Waals surface area (Å²) in [7, 11) is 2.17. The van der Waals surface area contributed by atoms with Gasteiger partial charge >= 0.3 is 0 Å². The van der Waals surface area contributed by atoms with E-state index < -0.39 is 0 Å². The molecule has 2 aromatic rings. The third-order valence-electron chi connectivity index (χ3n) is 7.00. The second-order valence-corrected chi connectivity index (χ2v) is 9.42. The summed E-state index contributed by atoms with van der Waals surface area (Å²) >= 11 is 0. The van der Waals surface area contributed by atoms with Gasteiger partial charge in [0.15, 0.2) is 0 Å². The number of hydrogen-bond donors (Lipinski definition) is 3. The summed E-state index contributed by atoms with van der Waals surface area (Å²) in [6.45, 7) is 7.31. The Labute approximate surface area is 214 Å². The van der Waals surface area contributed by atoms with Crippen LogP contribution in [0.4, 0.5) is 0 Å². The summed E-state index contributed by atoms with van der Waals surface area (Å²) in [4.78, 5) is 17.9. The molecule has 1 aromatic carbocycles. The average molecular weight is 492 g/mol. The lowest BCUT2D eigenvalue weighted by Gasteiger charge is -2.33. The molecule has 1 fully saturated rings. The van der Waals surface area contributed by atoms with Gasteiger partial charge in [0, 0.05) is 31.5 Å². The smallest absolute Gasteiger partial charge is 0.276 e.